The molecule has 4 aromatic rings. The summed E-state index contributed by atoms with van der Waals surface area (Å²) in [5, 5.41) is 0.465. The molecular formula is C27H25ClO4S2. The van der Waals surface area contributed by atoms with Crippen LogP contribution in [0.4, 0.5) is 0 Å². The number of halogens is 1. The molecule has 0 aliphatic heterocycles. The predicted molar refractivity (Wildman–Crippen MR) is 137 cm³/mol. The van der Waals surface area contributed by atoms with Gasteiger partial charge in [0.2, 0.25) is 19.7 Å². The highest BCUT2D eigenvalue weighted by Gasteiger charge is 2.19. The van der Waals surface area contributed by atoms with Crippen molar-refractivity contribution in [3.05, 3.63) is 108 Å². The quantitative estimate of drug-likeness (QED) is 0.288. The Morgan fingerprint density at radius 1 is 0.471 bits per heavy atom. The molecule has 0 amide bonds. The SMILES string of the molecule is CC.Cc1ccc(S(=O)(=O)c2ccc(-c3ccc(S(=O)(=O)c4ccc(Cl)cc4)cc3)cc2)cc1. The number of hydrogen-bond donors (Lipinski definition) is 0. The molecule has 34 heavy (non-hydrogen) atoms. The molecule has 4 aromatic carbocycles. The summed E-state index contributed by atoms with van der Waals surface area (Å²) < 4.78 is 51.2. The van der Waals surface area contributed by atoms with Gasteiger partial charge in [-0.15, -0.1) is 0 Å². The Bertz CT molecular complexity index is 1340. The van der Waals surface area contributed by atoms with Crippen LogP contribution in [0, 0.1) is 6.92 Å². The van der Waals surface area contributed by atoms with E-state index >= 15 is 0 Å². The highest BCUT2D eigenvalue weighted by molar-refractivity contribution is 7.91. The van der Waals surface area contributed by atoms with Crippen molar-refractivity contribution in [3.63, 3.8) is 0 Å². The Labute approximate surface area is 206 Å². The highest BCUT2D eigenvalue weighted by Crippen LogP contribution is 2.28. The minimum absolute atomic E-state index is 0.167. The summed E-state index contributed by atoms with van der Waals surface area (Å²) >= 11 is 5.84. The van der Waals surface area contributed by atoms with E-state index in [0.29, 0.717) is 5.02 Å². The Morgan fingerprint density at radius 2 is 0.735 bits per heavy atom. The fourth-order valence-corrected chi connectivity index (χ4v) is 5.90. The van der Waals surface area contributed by atoms with E-state index in [1.54, 1.807) is 60.7 Å². The van der Waals surface area contributed by atoms with Crippen LogP contribution in [0.2, 0.25) is 5.02 Å². The van der Waals surface area contributed by atoms with Gasteiger partial charge in [-0.25, -0.2) is 16.8 Å². The third-order valence-corrected chi connectivity index (χ3v) is 8.94. The second-order valence-corrected chi connectivity index (χ2v) is 11.7. The van der Waals surface area contributed by atoms with Crippen molar-refractivity contribution in [2.24, 2.45) is 0 Å². The van der Waals surface area contributed by atoms with Crippen molar-refractivity contribution in [2.75, 3.05) is 0 Å². The molecule has 4 rings (SSSR count). The van der Waals surface area contributed by atoms with E-state index in [0.717, 1.165) is 16.7 Å². The minimum Gasteiger partial charge on any atom is -0.219 e. The zero-order chi connectivity index (χ0) is 24.9. The van der Waals surface area contributed by atoms with Crippen molar-refractivity contribution < 1.29 is 16.8 Å². The molecule has 0 N–H and O–H groups in total. The van der Waals surface area contributed by atoms with Gasteiger partial charge < -0.3 is 0 Å². The highest BCUT2D eigenvalue weighted by atomic mass is 35.5. The van der Waals surface area contributed by atoms with Crippen molar-refractivity contribution in [3.8, 4) is 11.1 Å². The number of hydrogen-bond acceptors (Lipinski definition) is 4. The third kappa shape index (κ3) is 5.41. The first-order valence-corrected chi connectivity index (χ1v) is 14.1. The molecule has 0 aliphatic carbocycles. The lowest BCUT2D eigenvalue weighted by Gasteiger charge is -2.08. The molecular weight excluding hydrogens is 488 g/mol. The average Bonchev–Trinajstić information content (AvgIpc) is 2.86. The molecule has 0 aromatic heterocycles. The summed E-state index contributed by atoms with van der Waals surface area (Å²) in [5.74, 6) is 0. The van der Waals surface area contributed by atoms with Gasteiger partial charge in [0, 0.05) is 5.02 Å². The monoisotopic (exact) mass is 512 g/mol. The molecule has 176 valence electrons. The Hall–Kier alpha value is -2.93. The lowest BCUT2D eigenvalue weighted by atomic mass is 10.1. The van der Waals surface area contributed by atoms with Crippen LogP contribution in [0.5, 0.6) is 0 Å². The molecule has 0 radical (unpaired) electrons. The molecule has 0 heterocycles. The zero-order valence-electron chi connectivity index (χ0n) is 19.1. The summed E-state index contributed by atoms with van der Waals surface area (Å²) in [7, 11) is -7.26. The van der Waals surface area contributed by atoms with Gasteiger partial charge in [-0.3, -0.25) is 0 Å². The molecule has 0 atom stereocenters. The Morgan fingerprint density at radius 3 is 1.06 bits per heavy atom. The van der Waals surface area contributed by atoms with Gasteiger partial charge in [0.05, 0.1) is 19.6 Å². The summed E-state index contributed by atoms with van der Waals surface area (Å²) in [4.78, 5) is 0.780. The standard InChI is InChI=1S/C25H19ClO4S2.C2H6/c1-18-2-10-22(11-3-18)31(27,28)23-12-4-19(5-13-23)20-6-14-24(15-7-20)32(29,30)25-16-8-21(26)9-17-25;1-2/h2-17H,1H3;1-2H3. The second-order valence-electron chi connectivity index (χ2n) is 7.32. The van der Waals surface area contributed by atoms with Gasteiger partial charge in [0.1, 0.15) is 0 Å². The van der Waals surface area contributed by atoms with Gasteiger partial charge in [0.25, 0.3) is 0 Å². The molecule has 0 unspecified atom stereocenters. The van der Waals surface area contributed by atoms with Crippen LogP contribution in [0.1, 0.15) is 19.4 Å². The van der Waals surface area contributed by atoms with Crippen LogP contribution in [0.25, 0.3) is 11.1 Å². The number of sulfone groups is 2. The van der Waals surface area contributed by atoms with Crippen LogP contribution in [-0.4, -0.2) is 16.8 Å². The van der Waals surface area contributed by atoms with Crippen LogP contribution < -0.4 is 0 Å². The van der Waals surface area contributed by atoms with Crippen molar-refractivity contribution in [1.82, 2.24) is 0 Å². The number of benzene rings is 4. The minimum atomic E-state index is -3.65. The maximum Gasteiger partial charge on any atom is 0.206 e. The molecule has 0 fully saturated rings. The van der Waals surface area contributed by atoms with Crippen LogP contribution in [0.3, 0.4) is 0 Å². The van der Waals surface area contributed by atoms with Gasteiger partial charge in [0.15, 0.2) is 0 Å². The Kier molecular flexibility index (Phi) is 7.97. The fraction of sp³-hybridized carbons (Fsp3) is 0.111. The summed E-state index contributed by atoms with van der Waals surface area (Å²) in [6, 6.07) is 25.8. The number of rotatable bonds is 5. The lowest BCUT2D eigenvalue weighted by molar-refractivity contribution is 0.594. The predicted octanol–water partition coefficient (Wildman–Crippen LogP) is 7.01. The van der Waals surface area contributed by atoms with Crippen molar-refractivity contribution in [2.45, 2.75) is 40.4 Å². The number of aryl methyl sites for hydroxylation is 1. The fourth-order valence-electron chi connectivity index (χ4n) is 3.26. The molecule has 0 saturated heterocycles. The van der Waals surface area contributed by atoms with Crippen LogP contribution in [-0.2, 0) is 19.7 Å². The maximum atomic E-state index is 12.8. The van der Waals surface area contributed by atoms with E-state index < -0.39 is 19.7 Å². The van der Waals surface area contributed by atoms with Crippen LogP contribution >= 0.6 is 11.6 Å². The lowest BCUT2D eigenvalue weighted by Crippen LogP contribution is -2.02. The molecule has 0 bridgehead atoms. The first-order valence-electron chi connectivity index (χ1n) is 10.7. The maximum absolute atomic E-state index is 12.8. The van der Waals surface area contributed by atoms with Crippen molar-refractivity contribution >= 4 is 31.3 Å². The van der Waals surface area contributed by atoms with Gasteiger partial charge in [-0.1, -0.05) is 67.4 Å². The smallest absolute Gasteiger partial charge is 0.206 e. The molecule has 4 nitrogen and oxygen atoms in total. The van der Waals surface area contributed by atoms with Crippen LogP contribution in [0.15, 0.2) is 117 Å². The first-order chi connectivity index (χ1) is 16.2. The van der Waals surface area contributed by atoms with Gasteiger partial charge >= 0.3 is 0 Å². The van der Waals surface area contributed by atoms with E-state index in [-0.39, 0.29) is 19.6 Å². The van der Waals surface area contributed by atoms with Gasteiger partial charge in [-0.05, 0) is 78.7 Å². The summed E-state index contributed by atoms with van der Waals surface area (Å²) in [5.41, 5.74) is 2.54. The van der Waals surface area contributed by atoms with Gasteiger partial charge in [-0.2, -0.15) is 0 Å². The van der Waals surface area contributed by atoms with E-state index in [2.05, 4.69) is 0 Å². The topological polar surface area (TPSA) is 68.3 Å². The molecule has 7 heteroatoms. The second kappa shape index (κ2) is 10.6. The normalized spacial score (nSPS) is 11.4. The first kappa shape index (κ1) is 25.7. The molecule has 0 saturated carbocycles. The van der Waals surface area contributed by atoms with E-state index in [4.69, 9.17) is 11.6 Å². The van der Waals surface area contributed by atoms with E-state index in [1.807, 2.05) is 20.8 Å². The Balaban J connectivity index is 0.00000158. The average molecular weight is 513 g/mol. The largest absolute Gasteiger partial charge is 0.219 e. The van der Waals surface area contributed by atoms with E-state index in [1.165, 1.54) is 36.4 Å². The van der Waals surface area contributed by atoms with E-state index in [9.17, 15) is 16.8 Å². The third-order valence-electron chi connectivity index (χ3n) is 5.12. The molecule has 0 spiro atoms. The summed E-state index contributed by atoms with van der Waals surface area (Å²) in [6.07, 6.45) is 0. The van der Waals surface area contributed by atoms with Crippen molar-refractivity contribution in [1.29, 1.82) is 0 Å². The molecule has 0 aliphatic rings. The summed E-state index contributed by atoms with van der Waals surface area (Å²) in [6.45, 7) is 5.90. The zero-order valence-corrected chi connectivity index (χ0v) is 21.5.